The van der Waals surface area contributed by atoms with Gasteiger partial charge in [0.25, 0.3) is 5.91 Å². The molecule has 6 heteroatoms. The number of carbonyl (C=O) groups excluding carboxylic acids is 1. The predicted octanol–water partition coefficient (Wildman–Crippen LogP) is 3.67. The molecule has 1 N–H and O–H groups in total. The SMILES string of the molecule is CCOc1ccc(C(=O)Nc2cc(OC)c(OC)c(OC)c2)cc1C. The van der Waals surface area contributed by atoms with Crippen LogP contribution in [0.25, 0.3) is 0 Å². The second-order valence-corrected chi connectivity index (χ2v) is 5.28. The van der Waals surface area contributed by atoms with Gasteiger partial charge in [-0.05, 0) is 37.6 Å². The molecule has 2 aromatic carbocycles. The van der Waals surface area contributed by atoms with Crippen molar-refractivity contribution < 1.29 is 23.7 Å². The molecule has 0 saturated carbocycles. The van der Waals surface area contributed by atoms with Crippen LogP contribution in [0.1, 0.15) is 22.8 Å². The summed E-state index contributed by atoms with van der Waals surface area (Å²) < 4.78 is 21.4. The van der Waals surface area contributed by atoms with Crippen LogP contribution in [0.3, 0.4) is 0 Å². The molecule has 0 radical (unpaired) electrons. The summed E-state index contributed by atoms with van der Waals surface area (Å²) in [5, 5.41) is 2.84. The van der Waals surface area contributed by atoms with Crippen LogP contribution in [-0.2, 0) is 0 Å². The third-order valence-electron chi connectivity index (χ3n) is 3.66. The van der Waals surface area contributed by atoms with Crippen molar-refractivity contribution in [2.24, 2.45) is 0 Å². The molecule has 0 atom stereocenters. The Bertz CT molecular complexity index is 732. The van der Waals surface area contributed by atoms with Crippen molar-refractivity contribution in [1.29, 1.82) is 0 Å². The Morgan fingerprint density at radius 2 is 1.60 bits per heavy atom. The summed E-state index contributed by atoms with van der Waals surface area (Å²) in [6.45, 7) is 4.41. The highest BCUT2D eigenvalue weighted by Gasteiger charge is 2.15. The van der Waals surface area contributed by atoms with Gasteiger partial charge in [-0.15, -0.1) is 0 Å². The molecule has 6 nitrogen and oxygen atoms in total. The van der Waals surface area contributed by atoms with Crippen molar-refractivity contribution in [3.05, 3.63) is 41.5 Å². The average Bonchev–Trinajstić information content (AvgIpc) is 2.62. The molecule has 0 bridgehead atoms. The van der Waals surface area contributed by atoms with E-state index in [-0.39, 0.29) is 5.91 Å². The maximum atomic E-state index is 12.5. The summed E-state index contributed by atoms with van der Waals surface area (Å²) in [4.78, 5) is 12.5. The van der Waals surface area contributed by atoms with E-state index in [0.717, 1.165) is 11.3 Å². The van der Waals surface area contributed by atoms with Crippen molar-refractivity contribution >= 4 is 11.6 Å². The topological polar surface area (TPSA) is 66.0 Å². The standard InChI is InChI=1S/C19H23NO5/c1-6-25-15-8-7-13(9-12(15)2)19(21)20-14-10-16(22-3)18(24-5)17(11-14)23-4/h7-11H,6H2,1-5H3,(H,20,21). The van der Waals surface area contributed by atoms with Crippen molar-refractivity contribution in [2.45, 2.75) is 13.8 Å². The van der Waals surface area contributed by atoms with Crippen LogP contribution in [0.2, 0.25) is 0 Å². The van der Waals surface area contributed by atoms with Gasteiger partial charge in [0.05, 0.1) is 27.9 Å². The molecule has 0 heterocycles. The summed E-state index contributed by atoms with van der Waals surface area (Å²) in [6, 6.07) is 8.67. The quantitative estimate of drug-likeness (QED) is 0.829. The zero-order chi connectivity index (χ0) is 18.4. The number of ether oxygens (including phenoxy) is 4. The number of methoxy groups -OCH3 is 3. The van der Waals surface area contributed by atoms with Crippen LogP contribution in [0.4, 0.5) is 5.69 Å². The molecule has 0 aliphatic carbocycles. The highest BCUT2D eigenvalue weighted by Crippen LogP contribution is 2.40. The van der Waals surface area contributed by atoms with Crippen molar-refractivity contribution in [2.75, 3.05) is 33.3 Å². The van der Waals surface area contributed by atoms with E-state index in [0.29, 0.717) is 35.1 Å². The van der Waals surface area contributed by atoms with Gasteiger partial charge in [-0.25, -0.2) is 0 Å². The number of benzene rings is 2. The van der Waals surface area contributed by atoms with Crippen molar-refractivity contribution in [3.8, 4) is 23.0 Å². The van der Waals surface area contributed by atoms with E-state index in [1.807, 2.05) is 13.8 Å². The Morgan fingerprint density at radius 1 is 0.960 bits per heavy atom. The van der Waals surface area contributed by atoms with Gasteiger partial charge in [0, 0.05) is 23.4 Å². The molecular formula is C19H23NO5. The molecule has 1 amide bonds. The smallest absolute Gasteiger partial charge is 0.255 e. The van der Waals surface area contributed by atoms with Gasteiger partial charge in [0.1, 0.15) is 5.75 Å². The number of rotatable bonds is 7. The summed E-state index contributed by atoms with van der Waals surface area (Å²) >= 11 is 0. The molecule has 0 aliphatic rings. The largest absolute Gasteiger partial charge is 0.494 e. The third-order valence-corrected chi connectivity index (χ3v) is 3.66. The Kier molecular flexibility index (Phi) is 6.11. The number of carbonyl (C=O) groups is 1. The van der Waals surface area contributed by atoms with E-state index in [1.165, 1.54) is 21.3 Å². The molecule has 2 aromatic rings. The van der Waals surface area contributed by atoms with Crippen molar-refractivity contribution in [1.82, 2.24) is 0 Å². The van der Waals surface area contributed by atoms with Crippen LogP contribution in [-0.4, -0.2) is 33.8 Å². The third kappa shape index (κ3) is 4.15. The van der Waals surface area contributed by atoms with Gasteiger partial charge in [-0.1, -0.05) is 0 Å². The van der Waals surface area contributed by atoms with Gasteiger partial charge in [0.15, 0.2) is 11.5 Å². The Hall–Kier alpha value is -2.89. The van der Waals surface area contributed by atoms with Crippen LogP contribution in [0.5, 0.6) is 23.0 Å². The Labute approximate surface area is 147 Å². The fourth-order valence-corrected chi connectivity index (χ4v) is 2.46. The first-order valence-electron chi connectivity index (χ1n) is 7.88. The average molecular weight is 345 g/mol. The van der Waals surface area contributed by atoms with E-state index in [2.05, 4.69) is 5.32 Å². The zero-order valence-electron chi connectivity index (χ0n) is 15.1. The lowest BCUT2D eigenvalue weighted by Gasteiger charge is -2.15. The molecule has 0 saturated heterocycles. The summed E-state index contributed by atoms with van der Waals surface area (Å²) in [5.41, 5.74) is 1.99. The highest BCUT2D eigenvalue weighted by molar-refractivity contribution is 6.04. The van der Waals surface area contributed by atoms with Crippen LogP contribution < -0.4 is 24.3 Å². The Morgan fingerprint density at radius 3 is 2.08 bits per heavy atom. The van der Waals surface area contributed by atoms with E-state index < -0.39 is 0 Å². The molecular weight excluding hydrogens is 322 g/mol. The van der Waals surface area contributed by atoms with Crippen LogP contribution in [0.15, 0.2) is 30.3 Å². The lowest BCUT2D eigenvalue weighted by Crippen LogP contribution is -2.12. The Balaban J connectivity index is 2.27. The normalized spacial score (nSPS) is 10.1. The van der Waals surface area contributed by atoms with Gasteiger partial charge in [0.2, 0.25) is 5.75 Å². The molecule has 0 aliphatic heterocycles. The number of anilines is 1. The highest BCUT2D eigenvalue weighted by atomic mass is 16.5. The second-order valence-electron chi connectivity index (χ2n) is 5.28. The van der Waals surface area contributed by atoms with Crippen molar-refractivity contribution in [3.63, 3.8) is 0 Å². The maximum absolute atomic E-state index is 12.5. The number of nitrogens with one attached hydrogen (secondary N) is 1. The molecule has 0 fully saturated rings. The monoisotopic (exact) mass is 345 g/mol. The fraction of sp³-hybridized carbons (Fsp3) is 0.316. The predicted molar refractivity (Wildman–Crippen MR) is 96.4 cm³/mol. The zero-order valence-corrected chi connectivity index (χ0v) is 15.1. The fourth-order valence-electron chi connectivity index (χ4n) is 2.46. The number of hydrogen-bond donors (Lipinski definition) is 1. The van der Waals surface area contributed by atoms with Gasteiger partial charge in [-0.2, -0.15) is 0 Å². The molecule has 0 spiro atoms. The number of hydrogen-bond acceptors (Lipinski definition) is 5. The van der Waals surface area contributed by atoms with Gasteiger partial charge < -0.3 is 24.3 Å². The minimum atomic E-state index is -0.236. The minimum Gasteiger partial charge on any atom is -0.494 e. The van der Waals surface area contributed by atoms with Gasteiger partial charge in [-0.3, -0.25) is 4.79 Å². The van der Waals surface area contributed by atoms with Crippen LogP contribution >= 0.6 is 0 Å². The van der Waals surface area contributed by atoms with Gasteiger partial charge >= 0.3 is 0 Å². The first kappa shape index (κ1) is 18.4. The summed E-state index contributed by atoms with van der Waals surface area (Å²) in [6.07, 6.45) is 0. The lowest BCUT2D eigenvalue weighted by atomic mass is 10.1. The van der Waals surface area contributed by atoms with E-state index in [9.17, 15) is 4.79 Å². The molecule has 134 valence electrons. The van der Waals surface area contributed by atoms with E-state index in [1.54, 1.807) is 30.3 Å². The lowest BCUT2D eigenvalue weighted by molar-refractivity contribution is 0.102. The molecule has 0 unspecified atom stereocenters. The van der Waals surface area contributed by atoms with E-state index in [4.69, 9.17) is 18.9 Å². The second kappa shape index (κ2) is 8.28. The maximum Gasteiger partial charge on any atom is 0.255 e. The van der Waals surface area contributed by atoms with Crippen LogP contribution in [0, 0.1) is 6.92 Å². The molecule has 0 aromatic heterocycles. The molecule has 25 heavy (non-hydrogen) atoms. The first-order chi connectivity index (χ1) is 12.0. The molecule has 2 rings (SSSR count). The minimum absolute atomic E-state index is 0.236. The number of amides is 1. The summed E-state index contributed by atoms with van der Waals surface area (Å²) in [7, 11) is 4.58. The first-order valence-corrected chi connectivity index (χ1v) is 7.88. The number of aryl methyl sites for hydroxylation is 1. The van der Waals surface area contributed by atoms with E-state index >= 15 is 0 Å². The summed E-state index contributed by atoms with van der Waals surface area (Å²) in [5.74, 6) is 1.95.